The summed E-state index contributed by atoms with van der Waals surface area (Å²) >= 11 is 0. The van der Waals surface area contributed by atoms with Crippen LogP contribution in [0, 0.1) is 0 Å². The number of hydrazine groups is 1. The lowest BCUT2D eigenvalue weighted by molar-refractivity contribution is 0.0948. The van der Waals surface area contributed by atoms with Crippen molar-refractivity contribution in [3.8, 4) is 0 Å². The Bertz CT molecular complexity index is 568. The summed E-state index contributed by atoms with van der Waals surface area (Å²) in [6.07, 6.45) is 1.60. The van der Waals surface area contributed by atoms with E-state index in [1.54, 1.807) is 10.9 Å². The summed E-state index contributed by atoms with van der Waals surface area (Å²) in [4.78, 5) is 13.6. The lowest BCUT2D eigenvalue weighted by Gasteiger charge is -2.20. The van der Waals surface area contributed by atoms with Gasteiger partial charge in [0.1, 0.15) is 0 Å². The fourth-order valence-electron chi connectivity index (χ4n) is 2.02. The van der Waals surface area contributed by atoms with Crippen molar-refractivity contribution in [3.05, 3.63) is 47.8 Å². The van der Waals surface area contributed by atoms with E-state index >= 15 is 0 Å². The summed E-state index contributed by atoms with van der Waals surface area (Å²) in [5.74, 6) is 4.63. The molecule has 1 heterocycles. The third-order valence-electron chi connectivity index (χ3n) is 3.24. The van der Waals surface area contributed by atoms with Gasteiger partial charge in [0.15, 0.2) is 5.69 Å². The highest BCUT2D eigenvalue weighted by Crippen LogP contribution is 2.04. The minimum Gasteiger partial charge on any atom is -0.298 e. The van der Waals surface area contributed by atoms with Crippen LogP contribution >= 0.6 is 0 Å². The van der Waals surface area contributed by atoms with Crippen LogP contribution in [0.1, 0.15) is 23.0 Å². The number of hydrogen-bond donors (Lipinski definition) is 2. The highest BCUT2D eigenvalue weighted by Gasteiger charge is 2.10. The predicted molar refractivity (Wildman–Crippen MR) is 79.1 cm³/mol. The van der Waals surface area contributed by atoms with E-state index in [-0.39, 0.29) is 5.69 Å². The number of rotatable bonds is 7. The summed E-state index contributed by atoms with van der Waals surface area (Å²) in [5, 5.41) is 7.70. The normalized spacial score (nSPS) is 10.8. The van der Waals surface area contributed by atoms with Gasteiger partial charge in [0.05, 0.1) is 12.7 Å². The van der Waals surface area contributed by atoms with Crippen molar-refractivity contribution in [2.45, 2.75) is 20.0 Å². The minimum absolute atomic E-state index is 0.226. The Morgan fingerprint density at radius 2 is 2.14 bits per heavy atom. The standard InChI is InChI=1S/C14H20N6O/c1-2-19(10-12-6-4-3-5-7-12)8-9-20-11-13(17-18-20)14(21)16-15/h3-7,11H,2,8-10,15H2,1H3,(H,16,21). The summed E-state index contributed by atoms with van der Waals surface area (Å²) < 4.78 is 1.65. The molecule has 0 aliphatic rings. The third-order valence-corrected chi connectivity index (χ3v) is 3.24. The van der Waals surface area contributed by atoms with Crippen molar-refractivity contribution in [2.24, 2.45) is 5.84 Å². The maximum atomic E-state index is 11.3. The summed E-state index contributed by atoms with van der Waals surface area (Å²) in [6, 6.07) is 10.3. The van der Waals surface area contributed by atoms with Crippen molar-refractivity contribution in [3.63, 3.8) is 0 Å². The highest BCUT2D eigenvalue weighted by molar-refractivity contribution is 5.91. The molecule has 0 spiro atoms. The van der Waals surface area contributed by atoms with Gasteiger partial charge in [0.25, 0.3) is 5.91 Å². The number of aromatic nitrogens is 3. The van der Waals surface area contributed by atoms with Crippen LogP contribution in [0.3, 0.4) is 0 Å². The van der Waals surface area contributed by atoms with E-state index in [0.29, 0.717) is 6.54 Å². The van der Waals surface area contributed by atoms with E-state index in [1.165, 1.54) is 5.56 Å². The number of carbonyl (C=O) groups is 1. The van der Waals surface area contributed by atoms with Crippen LogP contribution in [0.25, 0.3) is 0 Å². The number of nitrogens with two attached hydrogens (primary N) is 1. The minimum atomic E-state index is -0.433. The van der Waals surface area contributed by atoms with Gasteiger partial charge in [-0.05, 0) is 12.1 Å². The number of nitrogens with one attached hydrogen (secondary N) is 1. The molecular weight excluding hydrogens is 268 g/mol. The third kappa shape index (κ3) is 4.37. The van der Waals surface area contributed by atoms with Gasteiger partial charge in [-0.1, -0.05) is 42.5 Å². The fourth-order valence-corrected chi connectivity index (χ4v) is 2.02. The van der Waals surface area contributed by atoms with Crippen LogP contribution < -0.4 is 11.3 Å². The molecule has 0 saturated carbocycles. The Hall–Kier alpha value is -2.25. The zero-order chi connectivity index (χ0) is 15.1. The maximum absolute atomic E-state index is 11.3. The highest BCUT2D eigenvalue weighted by atomic mass is 16.2. The predicted octanol–water partition coefficient (Wildman–Crippen LogP) is 0.404. The lowest BCUT2D eigenvalue weighted by Crippen LogP contribution is -2.30. The lowest BCUT2D eigenvalue weighted by atomic mass is 10.2. The molecule has 2 aromatic rings. The van der Waals surface area contributed by atoms with E-state index < -0.39 is 5.91 Å². The van der Waals surface area contributed by atoms with Crippen LogP contribution in [0.2, 0.25) is 0 Å². The Labute approximate surface area is 123 Å². The van der Waals surface area contributed by atoms with Crippen molar-refractivity contribution in [1.29, 1.82) is 0 Å². The molecule has 21 heavy (non-hydrogen) atoms. The van der Waals surface area contributed by atoms with Gasteiger partial charge < -0.3 is 0 Å². The Morgan fingerprint density at radius 1 is 1.38 bits per heavy atom. The van der Waals surface area contributed by atoms with Gasteiger partial charge in [-0.25, -0.2) is 5.84 Å². The van der Waals surface area contributed by atoms with Crippen LogP contribution in [0.15, 0.2) is 36.5 Å². The summed E-state index contributed by atoms with van der Waals surface area (Å²) in [7, 11) is 0. The second-order valence-corrected chi connectivity index (χ2v) is 4.69. The molecule has 0 radical (unpaired) electrons. The van der Waals surface area contributed by atoms with Crippen LogP contribution in [0.5, 0.6) is 0 Å². The van der Waals surface area contributed by atoms with Crippen LogP contribution in [-0.2, 0) is 13.1 Å². The molecule has 1 aromatic carbocycles. The van der Waals surface area contributed by atoms with E-state index in [9.17, 15) is 4.79 Å². The van der Waals surface area contributed by atoms with Gasteiger partial charge in [-0.3, -0.25) is 19.8 Å². The fraction of sp³-hybridized carbons (Fsp3) is 0.357. The first-order valence-electron chi connectivity index (χ1n) is 6.90. The molecule has 0 bridgehead atoms. The van der Waals surface area contributed by atoms with Crippen molar-refractivity contribution in [1.82, 2.24) is 25.3 Å². The van der Waals surface area contributed by atoms with E-state index in [4.69, 9.17) is 5.84 Å². The van der Waals surface area contributed by atoms with E-state index in [1.807, 2.05) is 23.6 Å². The van der Waals surface area contributed by atoms with Crippen molar-refractivity contribution < 1.29 is 4.79 Å². The van der Waals surface area contributed by atoms with Crippen LogP contribution in [0.4, 0.5) is 0 Å². The quantitative estimate of drug-likeness (QED) is 0.437. The number of benzene rings is 1. The zero-order valence-electron chi connectivity index (χ0n) is 12.1. The largest absolute Gasteiger partial charge is 0.298 e. The number of hydrogen-bond acceptors (Lipinski definition) is 5. The first-order valence-corrected chi connectivity index (χ1v) is 6.90. The summed E-state index contributed by atoms with van der Waals surface area (Å²) in [6.45, 7) is 5.46. The maximum Gasteiger partial charge on any atom is 0.287 e. The topological polar surface area (TPSA) is 89.1 Å². The molecule has 7 nitrogen and oxygen atoms in total. The SMILES string of the molecule is CCN(CCn1cc(C(=O)NN)nn1)Cc1ccccc1. The molecule has 0 aliphatic carbocycles. The second kappa shape index (κ2) is 7.51. The van der Waals surface area contributed by atoms with Gasteiger partial charge >= 0.3 is 0 Å². The Morgan fingerprint density at radius 3 is 2.81 bits per heavy atom. The first-order chi connectivity index (χ1) is 10.2. The number of nitrogens with zero attached hydrogens (tertiary/aromatic N) is 4. The van der Waals surface area contributed by atoms with Gasteiger partial charge in [-0.15, -0.1) is 5.10 Å². The molecule has 1 aromatic heterocycles. The molecule has 0 aliphatic heterocycles. The monoisotopic (exact) mass is 288 g/mol. The van der Waals surface area contributed by atoms with Gasteiger partial charge in [-0.2, -0.15) is 0 Å². The van der Waals surface area contributed by atoms with Crippen LogP contribution in [-0.4, -0.2) is 38.9 Å². The van der Waals surface area contributed by atoms with Gasteiger partial charge in [0.2, 0.25) is 0 Å². The molecule has 2 rings (SSSR count). The smallest absolute Gasteiger partial charge is 0.287 e. The number of nitrogen functional groups attached to an aromatic ring is 1. The zero-order valence-corrected chi connectivity index (χ0v) is 12.1. The number of carbonyl (C=O) groups excluding carboxylic acids is 1. The van der Waals surface area contributed by atoms with E-state index in [2.05, 4.69) is 34.3 Å². The van der Waals surface area contributed by atoms with E-state index in [0.717, 1.165) is 19.6 Å². The molecule has 0 saturated heterocycles. The molecule has 7 heteroatoms. The number of amides is 1. The average molecular weight is 288 g/mol. The summed E-state index contributed by atoms with van der Waals surface area (Å²) in [5.41, 5.74) is 3.54. The molecular formula is C14H20N6O. The number of likely N-dealkylation sites (N-methyl/N-ethyl adjacent to an activating group) is 1. The molecule has 0 atom stereocenters. The molecule has 112 valence electrons. The average Bonchev–Trinajstić information content (AvgIpc) is 3.00. The second-order valence-electron chi connectivity index (χ2n) is 4.69. The molecule has 0 fully saturated rings. The van der Waals surface area contributed by atoms with Crippen molar-refractivity contribution in [2.75, 3.05) is 13.1 Å². The first kappa shape index (κ1) is 15.1. The van der Waals surface area contributed by atoms with Gasteiger partial charge in [0, 0.05) is 13.1 Å². The van der Waals surface area contributed by atoms with Crippen molar-refractivity contribution >= 4 is 5.91 Å². The molecule has 0 unspecified atom stereocenters. The molecule has 3 N–H and O–H groups in total. The molecule has 1 amide bonds. The Balaban J connectivity index is 1.88. The Kier molecular flexibility index (Phi) is 5.42.